The highest BCUT2D eigenvalue weighted by atomic mass is 16.5. The van der Waals surface area contributed by atoms with E-state index in [2.05, 4.69) is 5.32 Å². The van der Waals surface area contributed by atoms with Crippen LogP contribution >= 0.6 is 0 Å². The number of carbonyl (C=O) groups is 1. The predicted molar refractivity (Wildman–Crippen MR) is 78.2 cm³/mol. The van der Waals surface area contributed by atoms with Gasteiger partial charge in [0, 0.05) is 25.3 Å². The molecule has 1 aliphatic carbocycles. The van der Waals surface area contributed by atoms with E-state index in [-0.39, 0.29) is 5.91 Å². The van der Waals surface area contributed by atoms with Crippen LogP contribution in [0.25, 0.3) is 0 Å². The molecule has 1 aromatic carbocycles. The molecule has 0 bridgehead atoms. The smallest absolute Gasteiger partial charge is 0.251 e. The van der Waals surface area contributed by atoms with Crippen molar-refractivity contribution in [1.29, 1.82) is 0 Å². The summed E-state index contributed by atoms with van der Waals surface area (Å²) in [5.74, 6) is 1.47. The Morgan fingerprint density at radius 1 is 1.40 bits per heavy atom. The van der Waals surface area contributed by atoms with Gasteiger partial charge in [0.2, 0.25) is 0 Å². The van der Waals surface area contributed by atoms with E-state index in [1.165, 1.54) is 12.8 Å². The van der Waals surface area contributed by atoms with Crippen LogP contribution in [-0.4, -0.2) is 32.8 Å². The molecule has 0 radical (unpaired) electrons. The molecule has 2 rings (SSSR count). The van der Waals surface area contributed by atoms with Gasteiger partial charge in [-0.15, -0.1) is 0 Å². The summed E-state index contributed by atoms with van der Waals surface area (Å²) in [7, 11) is 1.61. The van der Waals surface area contributed by atoms with Crippen LogP contribution in [0.2, 0.25) is 0 Å². The standard InChI is InChI=1S/C16H23NO3/c1-12-4-7-14(10-15(12)19-2)16(18)17-8-3-9-20-11-13-5-6-13/h4,7,10,13H,3,5-6,8-9,11H2,1-2H3,(H,17,18). The van der Waals surface area contributed by atoms with Crippen molar-refractivity contribution in [3.05, 3.63) is 29.3 Å². The number of aryl methyl sites for hydroxylation is 1. The third-order valence-electron chi connectivity index (χ3n) is 3.47. The maximum atomic E-state index is 12.0. The number of hydrogen-bond acceptors (Lipinski definition) is 3. The highest BCUT2D eigenvalue weighted by Gasteiger charge is 2.20. The minimum absolute atomic E-state index is 0.0644. The SMILES string of the molecule is COc1cc(C(=O)NCCCOCC2CC2)ccc1C. The lowest BCUT2D eigenvalue weighted by Crippen LogP contribution is -2.25. The van der Waals surface area contributed by atoms with Crippen LogP contribution in [0, 0.1) is 12.8 Å². The lowest BCUT2D eigenvalue weighted by Gasteiger charge is -2.09. The summed E-state index contributed by atoms with van der Waals surface area (Å²) in [5, 5.41) is 2.90. The first-order valence-corrected chi connectivity index (χ1v) is 7.21. The molecule has 0 aliphatic heterocycles. The van der Waals surface area contributed by atoms with E-state index < -0.39 is 0 Å². The molecule has 0 aromatic heterocycles. The molecule has 4 nitrogen and oxygen atoms in total. The van der Waals surface area contributed by atoms with Crippen molar-refractivity contribution in [2.45, 2.75) is 26.2 Å². The number of rotatable bonds is 8. The molecule has 4 heteroatoms. The quantitative estimate of drug-likeness (QED) is 0.743. The van der Waals surface area contributed by atoms with Crippen molar-refractivity contribution in [3.8, 4) is 5.75 Å². The van der Waals surface area contributed by atoms with Crippen molar-refractivity contribution in [1.82, 2.24) is 5.32 Å². The summed E-state index contributed by atoms with van der Waals surface area (Å²) in [4.78, 5) is 12.0. The molecule has 0 heterocycles. The maximum absolute atomic E-state index is 12.0. The van der Waals surface area contributed by atoms with Crippen LogP contribution in [0.1, 0.15) is 35.2 Å². The van der Waals surface area contributed by atoms with Gasteiger partial charge in [-0.3, -0.25) is 4.79 Å². The summed E-state index contributed by atoms with van der Waals surface area (Å²) in [6, 6.07) is 5.48. The molecule has 0 unspecified atom stereocenters. The maximum Gasteiger partial charge on any atom is 0.251 e. The van der Waals surface area contributed by atoms with E-state index >= 15 is 0 Å². The molecule has 110 valence electrons. The Kier molecular flexibility index (Phi) is 5.41. The topological polar surface area (TPSA) is 47.6 Å². The van der Waals surface area contributed by atoms with E-state index in [4.69, 9.17) is 9.47 Å². The normalized spacial score (nSPS) is 14.1. The monoisotopic (exact) mass is 277 g/mol. The lowest BCUT2D eigenvalue weighted by atomic mass is 10.1. The van der Waals surface area contributed by atoms with Crippen LogP contribution in [-0.2, 0) is 4.74 Å². The van der Waals surface area contributed by atoms with Crippen molar-refractivity contribution >= 4 is 5.91 Å². The fourth-order valence-corrected chi connectivity index (χ4v) is 1.97. The molecule has 1 aliphatic rings. The number of amides is 1. The molecule has 20 heavy (non-hydrogen) atoms. The Morgan fingerprint density at radius 3 is 2.90 bits per heavy atom. The second kappa shape index (κ2) is 7.29. The number of carbonyl (C=O) groups excluding carboxylic acids is 1. The van der Waals surface area contributed by atoms with E-state index in [0.29, 0.717) is 18.7 Å². The van der Waals surface area contributed by atoms with Crippen molar-refractivity contribution < 1.29 is 14.3 Å². The zero-order chi connectivity index (χ0) is 14.4. The molecular weight excluding hydrogens is 254 g/mol. The van der Waals surface area contributed by atoms with Gasteiger partial charge in [-0.2, -0.15) is 0 Å². The van der Waals surface area contributed by atoms with Gasteiger partial charge in [-0.25, -0.2) is 0 Å². The Labute approximate surface area is 120 Å². The first kappa shape index (κ1) is 14.9. The summed E-state index contributed by atoms with van der Waals surface area (Å²) in [5.41, 5.74) is 1.66. The first-order chi connectivity index (χ1) is 9.70. The van der Waals surface area contributed by atoms with E-state index in [9.17, 15) is 4.79 Å². The molecule has 1 saturated carbocycles. The minimum Gasteiger partial charge on any atom is -0.496 e. The molecule has 0 saturated heterocycles. The Balaban J connectivity index is 1.68. The average Bonchev–Trinajstić information content (AvgIpc) is 3.27. The zero-order valence-electron chi connectivity index (χ0n) is 12.3. The van der Waals surface area contributed by atoms with Gasteiger partial charge >= 0.3 is 0 Å². The number of hydrogen-bond donors (Lipinski definition) is 1. The van der Waals surface area contributed by atoms with Gasteiger partial charge in [0.25, 0.3) is 5.91 Å². The highest BCUT2D eigenvalue weighted by molar-refractivity contribution is 5.94. The predicted octanol–water partition coefficient (Wildman–Crippen LogP) is 2.55. The molecule has 1 fully saturated rings. The number of methoxy groups -OCH3 is 1. The van der Waals surface area contributed by atoms with Gasteiger partial charge in [0.15, 0.2) is 0 Å². The number of ether oxygens (including phenoxy) is 2. The Morgan fingerprint density at radius 2 is 2.20 bits per heavy atom. The fourth-order valence-electron chi connectivity index (χ4n) is 1.97. The van der Waals surface area contributed by atoms with Gasteiger partial charge in [-0.1, -0.05) is 6.07 Å². The van der Waals surface area contributed by atoms with E-state index in [0.717, 1.165) is 30.3 Å². The average molecular weight is 277 g/mol. The van der Waals surface area contributed by atoms with E-state index in [1.807, 2.05) is 19.1 Å². The first-order valence-electron chi connectivity index (χ1n) is 7.21. The molecular formula is C16H23NO3. The molecule has 0 atom stereocenters. The molecule has 1 N–H and O–H groups in total. The van der Waals surface area contributed by atoms with Crippen LogP contribution in [0.4, 0.5) is 0 Å². The largest absolute Gasteiger partial charge is 0.496 e. The van der Waals surface area contributed by atoms with Crippen LogP contribution in [0.5, 0.6) is 5.75 Å². The van der Waals surface area contributed by atoms with Gasteiger partial charge in [-0.05, 0) is 49.8 Å². The summed E-state index contributed by atoms with van der Waals surface area (Å²) >= 11 is 0. The molecule has 0 spiro atoms. The van der Waals surface area contributed by atoms with Crippen LogP contribution < -0.4 is 10.1 Å². The van der Waals surface area contributed by atoms with Crippen molar-refractivity contribution in [2.75, 3.05) is 26.9 Å². The van der Waals surface area contributed by atoms with Gasteiger partial charge in [0.05, 0.1) is 7.11 Å². The van der Waals surface area contributed by atoms with Gasteiger partial charge in [0.1, 0.15) is 5.75 Å². The third-order valence-corrected chi connectivity index (χ3v) is 3.47. The minimum atomic E-state index is -0.0644. The highest BCUT2D eigenvalue weighted by Crippen LogP contribution is 2.28. The fraction of sp³-hybridized carbons (Fsp3) is 0.562. The number of benzene rings is 1. The van der Waals surface area contributed by atoms with Crippen molar-refractivity contribution in [2.24, 2.45) is 5.92 Å². The van der Waals surface area contributed by atoms with Crippen LogP contribution in [0.3, 0.4) is 0 Å². The third kappa shape index (κ3) is 4.53. The second-order valence-electron chi connectivity index (χ2n) is 5.31. The molecule has 1 amide bonds. The lowest BCUT2D eigenvalue weighted by molar-refractivity contribution is 0.0937. The number of nitrogens with one attached hydrogen (secondary N) is 1. The summed E-state index contributed by atoms with van der Waals surface area (Å²) in [6.07, 6.45) is 3.47. The Hall–Kier alpha value is -1.55. The Bertz CT molecular complexity index is 455. The van der Waals surface area contributed by atoms with Crippen LogP contribution in [0.15, 0.2) is 18.2 Å². The van der Waals surface area contributed by atoms with Gasteiger partial charge < -0.3 is 14.8 Å². The van der Waals surface area contributed by atoms with E-state index in [1.54, 1.807) is 13.2 Å². The summed E-state index contributed by atoms with van der Waals surface area (Å²) < 4.78 is 10.7. The van der Waals surface area contributed by atoms with Crippen molar-refractivity contribution in [3.63, 3.8) is 0 Å². The molecule has 1 aromatic rings. The zero-order valence-corrected chi connectivity index (χ0v) is 12.3. The second-order valence-corrected chi connectivity index (χ2v) is 5.31. The summed E-state index contributed by atoms with van der Waals surface area (Å²) in [6.45, 7) is 4.19.